The summed E-state index contributed by atoms with van der Waals surface area (Å²) in [6.07, 6.45) is 10.0. The fourth-order valence-corrected chi connectivity index (χ4v) is 5.87. The summed E-state index contributed by atoms with van der Waals surface area (Å²) < 4.78 is 1.26. The Morgan fingerprint density at radius 2 is 1.14 bits per heavy atom. The fourth-order valence-electron chi connectivity index (χ4n) is 4.73. The van der Waals surface area contributed by atoms with Crippen LogP contribution in [0.4, 0.5) is 0 Å². The molecule has 0 unspecified atom stereocenters. The molecule has 0 heterocycles. The first-order valence-corrected chi connectivity index (χ1v) is 16.3. The predicted molar refractivity (Wildman–Crippen MR) is 182 cm³/mol. The van der Waals surface area contributed by atoms with Crippen LogP contribution in [0.2, 0.25) is 10.0 Å². The second-order valence-corrected chi connectivity index (χ2v) is 14.7. The third kappa shape index (κ3) is 10.3. The number of hydrogen-bond acceptors (Lipinski definition) is 0. The number of allylic oxidation sites excluding steroid dienone is 4. The monoisotopic (exact) mass is 736 g/mol. The number of fused-ring (bicyclic) bond motifs is 3. The molecular formula is C39H38Cl4Zr-2. The normalized spacial score (nSPS) is 12.0. The molecule has 0 radical (unpaired) electrons. The van der Waals surface area contributed by atoms with Gasteiger partial charge in [0.1, 0.15) is 0 Å². The van der Waals surface area contributed by atoms with Gasteiger partial charge in [0.25, 0.3) is 0 Å². The molecule has 0 aliphatic heterocycles. The Bertz CT molecular complexity index is 1640. The van der Waals surface area contributed by atoms with E-state index in [0.29, 0.717) is 0 Å². The summed E-state index contributed by atoms with van der Waals surface area (Å²) in [6, 6.07) is 31.9. The molecular weight excluding hydrogens is 701 g/mol. The molecule has 0 spiro atoms. The van der Waals surface area contributed by atoms with Gasteiger partial charge in [-0.15, -0.1) is 46.2 Å². The van der Waals surface area contributed by atoms with E-state index in [-0.39, 0.29) is 35.6 Å². The molecule has 0 saturated heterocycles. The summed E-state index contributed by atoms with van der Waals surface area (Å²) in [7, 11) is 0. The molecule has 0 nitrogen and oxygen atoms in total. The minimum absolute atomic E-state index is 0. The van der Waals surface area contributed by atoms with E-state index in [2.05, 4.69) is 108 Å². The van der Waals surface area contributed by atoms with E-state index in [1.54, 1.807) is 0 Å². The number of halogens is 4. The van der Waals surface area contributed by atoms with Crippen LogP contribution in [0.5, 0.6) is 0 Å². The topological polar surface area (TPSA) is 0 Å². The van der Waals surface area contributed by atoms with Crippen molar-refractivity contribution < 1.29 is 49.0 Å². The van der Waals surface area contributed by atoms with Crippen molar-refractivity contribution in [1.82, 2.24) is 0 Å². The average molecular weight is 740 g/mol. The molecule has 6 rings (SSSR count). The minimum Gasteiger partial charge on any atom is -1.00 e. The Labute approximate surface area is 301 Å². The van der Waals surface area contributed by atoms with Crippen molar-refractivity contribution in [3.63, 3.8) is 0 Å². The molecule has 1 aliphatic rings. The first kappa shape index (κ1) is 38.3. The summed E-state index contributed by atoms with van der Waals surface area (Å²) in [5, 5.41) is 7.01. The predicted octanol–water partition coefficient (Wildman–Crippen LogP) is 5.73. The van der Waals surface area contributed by atoms with Gasteiger partial charge >= 0.3 is 120 Å². The SMILES string of the molecule is CC(C)(C)c1ccc2[cH-]c3ccc(C(C)(C)C)cc3c2c1.Clc1cccc([C](=[Zr+2])c2cccc(Cl)c2)c1.[C-]1=CC=CC1.[Cl-].[Cl-]. The van der Waals surface area contributed by atoms with Gasteiger partial charge in [-0.25, -0.2) is 12.2 Å². The van der Waals surface area contributed by atoms with Gasteiger partial charge in [0.2, 0.25) is 0 Å². The molecule has 0 atom stereocenters. The van der Waals surface area contributed by atoms with Crippen molar-refractivity contribution in [3.05, 3.63) is 148 Å². The van der Waals surface area contributed by atoms with Gasteiger partial charge in [0.15, 0.2) is 0 Å². The van der Waals surface area contributed by atoms with Gasteiger partial charge in [-0.1, -0.05) is 76.9 Å². The van der Waals surface area contributed by atoms with Crippen LogP contribution >= 0.6 is 23.2 Å². The van der Waals surface area contributed by atoms with Crippen LogP contribution in [-0.2, 0) is 35.1 Å². The number of rotatable bonds is 2. The van der Waals surface area contributed by atoms with Crippen LogP contribution in [0.3, 0.4) is 0 Å². The molecule has 0 fully saturated rings. The molecule has 0 amide bonds. The molecule has 228 valence electrons. The van der Waals surface area contributed by atoms with Crippen molar-refractivity contribution in [3.8, 4) is 0 Å². The maximum Gasteiger partial charge on any atom is -0.109 e. The quantitative estimate of drug-likeness (QED) is 0.203. The first-order valence-electron chi connectivity index (χ1n) is 14.3. The maximum absolute atomic E-state index is 5.98. The molecule has 1 aliphatic carbocycles. The second kappa shape index (κ2) is 16.6. The van der Waals surface area contributed by atoms with Gasteiger partial charge in [-0.05, 0) is 10.8 Å². The van der Waals surface area contributed by atoms with Gasteiger partial charge in [0.05, 0.1) is 0 Å². The smallest absolute Gasteiger partial charge is 0.109 e. The molecule has 0 N–H and O–H groups in total. The zero-order chi connectivity index (χ0) is 30.5. The van der Waals surface area contributed by atoms with Gasteiger partial charge in [-0.3, -0.25) is 6.08 Å². The van der Waals surface area contributed by atoms with Gasteiger partial charge < -0.3 is 24.8 Å². The third-order valence-electron chi connectivity index (χ3n) is 7.25. The number of benzene rings is 4. The molecule has 5 aromatic rings. The molecule has 44 heavy (non-hydrogen) atoms. The van der Waals surface area contributed by atoms with Crippen molar-refractivity contribution in [2.75, 3.05) is 0 Å². The van der Waals surface area contributed by atoms with E-state index in [0.717, 1.165) is 27.6 Å². The Kier molecular flexibility index (Phi) is 14.5. The third-order valence-corrected chi connectivity index (χ3v) is 9.14. The molecule has 0 aromatic heterocycles. The largest absolute Gasteiger partial charge is 1.00 e. The first-order chi connectivity index (χ1) is 19.8. The maximum atomic E-state index is 5.98. The Balaban J connectivity index is 0.000000260. The van der Waals surface area contributed by atoms with E-state index < -0.39 is 0 Å². The molecule has 5 aromatic carbocycles. The number of hydrogen-bond donors (Lipinski definition) is 0. The Morgan fingerprint density at radius 1 is 0.682 bits per heavy atom. The van der Waals surface area contributed by atoms with E-state index in [1.165, 1.54) is 60.1 Å². The van der Waals surface area contributed by atoms with E-state index in [4.69, 9.17) is 23.2 Å². The zero-order valence-corrected chi connectivity index (χ0v) is 31.6. The van der Waals surface area contributed by atoms with Crippen LogP contribution in [-0.4, -0.2) is 3.21 Å². The Hall–Kier alpha value is -1.86. The van der Waals surface area contributed by atoms with E-state index in [1.807, 2.05) is 48.6 Å². The summed E-state index contributed by atoms with van der Waals surface area (Å²) in [4.78, 5) is 0. The summed E-state index contributed by atoms with van der Waals surface area (Å²) in [5.41, 5.74) is 5.52. The average Bonchev–Trinajstić information content (AvgIpc) is 3.63. The molecule has 5 heteroatoms. The van der Waals surface area contributed by atoms with E-state index in [9.17, 15) is 0 Å². The van der Waals surface area contributed by atoms with Crippen LogP contribution in [0.25, 0.3) is 21.5 Å². The fraction of sp³-hybridized carbons (Fsp3) is 0.231. The molecule has 0 saturated carbocycles. The molecule has 0 bridgehead atoms. The summed E-state index contributed by atoms with van der Waals surface area (Å²) >= 11 is 13.3. The minimum atomic E-state index is 0. The van der Waals surface area contributed by atoms with Gasteiger partial charge in [-0.2, -0.15) is 6.08 Å². The summed E-state index contributed by atoms with van der Waals surface area (Å²) in [5.74, 6) is 0. The van der Waals surface area contributed by atoms with Crippen molar-refractivity contribution in [2.45, 2.75) is 58.8 Å². The van der Waals surface area contributed by atoms with E-state index >= 15 is 0 Å². The van der Waals surface area contributed by atoms with Crippen molar-refractivity contribution in [1.29, 1.82) is 0 Å². The second-order valence-electron chi connectivity index (χ2n) is 12.6. The van der Waals surface area contributed by atoms with Crippen molar-refractivity contribution >= 4 is 48.0 Å². The zero-order valence-electron chi connectivity index (χ0n) is 26.1. The summed E-state index contributed by atoms with van der Waals surface area (Å²) in [6.45, 7) is 13.7. The van der Waals surface area contributed by atoms with Crippen LogP contribution < -0.4 is 24.8 Å². The van der Waals surface area contributed by atoms with Crippen LogP contribution in [0, 0.1) is 6.08 Å². The standard InChI is InChI=1S/C21H25.C13H8Cl2.C5H5.2ClH.Zr/c1-20(2,3)16-9-7-14-11-15-8-10-17(21(4,5)6)13-19(15)18(14)12-16;14-12-5-1-3-10(8-12)7-11-4-2-6-13(15)9-11;1-2-4-5-3-1;;;/h7-13H,1-6H3;1-6,8-9H;1-3H,4H2;2*1H;/q-1;;-1;;;+2/p-2. The van der Waals surface area contributed by atoms with Crippen molar-refractivity contribution in [2.24, 2.45) is 0 Å². The van der Waals surface area contributed by atoms with Crippen LogP contribution in [0.15, 0.2) is 109 Å². The Morgan fingerprint density at radius 3 is 1.45 bits per heavy atom. The van der Waals surface area contributed by atoms with Gasteiger partial charge in [0, 0.05) is 0 Å². The van der Waals surface area contributed by atoms with Crippen LogP contribution in [0.1, 0.15) is 70.2 Å².